The zero-order valence-corrected chi connectivity index (χ0v) is 19.5. The Bertz CT molecular complexity index is 1170. The summed E-state index contributed by atoms with van der Waals surface area (Å²) in [5.74, 6) is -0.925. The molecule has 32 heavy (non-hydrogen) atoms. The van der Waals surface area contributed by atoms with Gasteiger partial charge in [-0.3, -0.25) is 9.59 Å². The summed E-state index contributed by atoms with van der Waals surface area (Å²) in [6.45, 7) is 3.31. The van der Waals surface area contributed by atoms with E-state index in [9.17, 15) is 14.4 Å². The van der Waals surface area contributed by atoms with Crippen molar-refractivity contribution in [3.8, 4) is 5.75 Å². The quantitative estimate of drug-likeness (QED) is 0.364. The number of halogens is 1. The lowest BCUT2D eigenvalue weighted by Gasteiger charge is -2.12. The number of carbonyl (C=O) groups excluding carboxylic acids is 3. The second-order valence-corrected chi connectivity index (χ2v) is 8.00. The highest BCUT2D eigenvalue weighted by Crippen LogP contribution is 2.24. The van der Waals surface area contributed by atoms with Gasteiger partial charge in [-0.1, -0.05) is 34.1 Å². The van der Waals surface area contributed by atoms with E-state index < -0.39 is 18.5 Å². The van der Waals surface area contributed by atoms with Crippen molar-refractivity contribution in [2.24, 2.45) is 0 Å². The van der Waals surface area contributed by atoms with Crippen LogP contribution in [0.3, 0.4) is 0 Å². The van der Waals surface area contributed by atoms with Crippen molar-refractivity contribution >= 4 is 39.3 Å². The minimum atomic E-state index is -0.749. The summed E-state index contributed by atoms with van der Waals surface area (Å²) in [5.41, 5.74) is 3.18. The van der Waals surface area contributed by atoms with Gasteiger partial charge in [-0.25, -0.2) is 4.79 Å². The third kappa shape index (κ3) is 5.42. The molecule has 3 aromatic carbocycles. The van der Waals surface area contributed by atoms with Crippen LogP contribution in [0.4, 0.5) is 5.69 Å². The number of nitrogens with one attached hydrogen (secondary N) is 1. The minimum absolute atomic E-state index is 0.0942. The number of aryl methyl sites for hydroxylation is 2. The first-order valence-electron chi connectivity index (χ1n) is 9.81. The van der Waals surface area contributed by atoms with Gasteiger partial charge in [-0.05, 0) is 67.4 Å². The summed E-state index contributed by atoms with van der Waals surface area (Å²) in [5, 5.41) is 2.74. The number of rotatable bonds is 7. The maximum absolute atomic E-state index is 12.9. The van der Waals surface area contributed by atoms with E-state index in [1.165, 1.54) is 13.2 Å². The van der Waals surface area contributed by atoms with Crippen LogP contribution in [0.1, 0.15) is 37.4 Å². The second-order valence-electron chi connectivity index (χ2n) is 7.14. The van der Waals surface area contributed by atoms with Crippen LogP contribution in [0.2, 0.25) is 0 Å². The molecule has 0 atom stereocenters. The van der Waals surface area contributed by atoms with Crippen LogP contribution in [0.25, 0.3) is 0 Å². The smallest absolute Gasteiger partial charge is 0.339 e. The van der Waals surface area contributed by atoms with E-state index in [0.29, 0.717) is 17.0 Å². The molecule has 0 saturated carbocycles. The van der Waals surface area contributed by atoms with Gasteiger partial charge in [-0.2, -0.15) is 0 Å². The average molecular weight is 496 g/mol. The van der Waals surface area contributed by atoms with Crippen molar-refractivity contribution in [3.05, 3.63) is 93.0 Å². The van der Waals surface area contributed by atoms with Gasteiger partial charge in [0.2, 0.25) is 0 Å². The SMILES string of the molecule is COc1ccc(C(=O)c2ccccc2C(=O)OCC(=O)Nc2cc(C)c(Br)cc2C)cc1. The Kier molecular flexibility index (Phi) is 7.43. The normalized spacial score (nSPS) is 10.4. The first kappa shape index (κ1) is 23.2. The Morgan fingerprint density at radius 3 is 2.22 bits per heavy atom. The first-order valence-corrected chi connectivity index (χ1v) is 10.6. The van der Waals surface area contributed by atoms with Crippen LogP contribution in [0, 0.1) is 13.8 Å². The number of carbonyl (C=O) groups is 3. The molecule has 0 saturated heterocycles. The number of benzene rings is 3. The van der Waals surface area contributed by atoms with Gasteiger partial charge in [0.05, 0.1) is 12.7 Å². The lowest BCUT2D eigenvalue weighted by atomic mass is 9.98. The molecule has 0 heterocycles. The van der Waals surface area contributed by atoms with E-state index in [1.54, 1.807) is 42.5 Å². The monoisotopic (exact) mass is 495 g/mol. The first-order chi connectivity index (χ1) is 15.3. The Balaban J connectivity index is 1.70. The molecule has 0 fully saturated rings. The van der Waals surface area contributed by atoms with Gasteiger partial charge in [0.15, 0.2) is 12.4 Å². The molecule has 164 valence electrons. The number of ether oxygens (including phenoxy) is 2. The Hall–Kier alpha value is -3.45. The van der Waals surface area contributed by atoms with Gasteiger partial charge in [-0.15, -0.1) is 0 Å². The van der Waals surface area contributed by atoms with Crippen molar-refractivity contribution in [2.45, 2.75) is 13.8 Å². The molecule has 0 aliphatic rings. The van der Waals surface area contributed by atoms with Crippen molar-refractivity contribution in [3.63, 3.8) is 0 Å². The van der Waals surface area contributed by atoms with Crippen LogP contribution in [0.5, 0.6) is 5.75 Å². The standard InChI is InChI=1S/C25H22BrNO5/c1-15-13-22(16(2)12-21(15)26)27-23(28)14-32-25(30)20-7-5-4-6-19(20)24(29)17-8-10-18(31-3)11-9-17/h4-13H,14H2,1-3H3,(H,27,28). The van der Waals surface area contributed by atoms with Gasteiger partial charge in [0.25, 0.3) is 5.91 Å². The van der Waals surface area contributed by atoms with E-state index >= 15 is 0 Å². The maximum atomic E-state index is 12.9. The zero-order valence-electron chi connectivity index (χ0n) is 17.9. The minimum Gasteiger partial charge on any atom is -0.497 e. The van der Waals surface area contributed by atoms with E-state index in [-0.39, 0.29) is 16.9 Å². The van der Waals surface area contributed by atoms with Crippen molar-refractivity contribution in [1.82, 2.24) is 0 Å². The molecule has 0 unspecified atom stereocenters. The Labute approximate surface area is 194 Å². The van der Waals surface area contributed by atoms with Gasteiger partial charge >= 0.3 is 5.97 Å². The van der Waals surface area contributed by atoms with Crippen LogP contribution in [-0.2, 0) is 9.53 Å². The largest absolute Gasteiger partial charge is 0.497 e. The molecule has 7 heteroatoms. The van der Waals surface area contributed by atoms with Crippen LogP contribution in [-0.4, -0.2) is 31.4 Å². The summed E-state index contributed by atoms with van der Waals surface area (Å²) >= 11 is 3.45. The second kappa shape index (κ2) is 10.2. The third-order valence-electron chi connectivity index (χ3n) is 4.86. The predicted molar refractivity (Wildman–Crippen MR) is 125 cm³/mol. The molecule has 3 aromatic rings. The molecule has 3 rings (SSSR count). The van der Waals surface area contributed by atoms with Crippen molar-refractivity contribution in [2.75, 3.05) is 19.0 Å². The molecule has 6 nitrogen and oxygen atoms in total. The number of methoxy groups -OCH3 is 1. The summed E-state index contributed by atoms with van der Waals surface area (Å²) < 4.78 is 11.2. The summed E-state index contributed by atoms with van der Waals surface area (Å²) in [6.07, 6.45) is 0. The maximum Gasteiger partial charge on any atom is 0.339 e. The number of amides is 1. The number of hydrogen-bond donors (Lipinski definition) is 1. The van der Waals surface area contributed by atoms with Crippen molar-refractivity contribution < 1.29 is 23.9 Å². The van der Waals surface area contributed by atoms with Gasteiger partial charge < -0.3 is 14.8 Å². The highest BCUT2D eigenvalue weighted by atomic mass is 79.9. The van der Waals surface area contributed by atoms with Crippen LogP contribution in [0.15, 0.2) is 65.1 Å². The fourth-order valence-corrected chi connectivity index (χ4v) is 3.53. The van der Waals surface area contributed by atoms with E-state index in [0.717, 1.165) is 15.6 Å². The van der Waals surface area contributed by atoms with Gasteiger partial charge in [0, 0.05) is 21.3 Å². The van der Waals surface area contributed by atoms with E-state index in [2.05, 4.69) is 21.2 Å². The number of hydrogen-bond acceptors (Lipinski definition) is 5. The molecule has 0 aromatic heterocycles. The molecular formula is C25H22BrNO5. The number of anilines is 1. The van der Waals surface area contributed by atoms with Crippen LogP contribution < -0.4 is 10.1 Å². The molecule has 0 bridgehead atoms. The average Bonchev–Trinajstić information content (AvgIpc) is 2.80. The fraction of sp³-hybridized carbons (Fsp3) is 0.160. The van der Waals surface area contributed by atoms with Crippen LogP contribution >= 0.6 is 15.9 Å². The molecule has 0 aliphatic carbocycles. The van der Waals surface area contributed by atoms with E-state index in [4.69, 9.17) is 9.47 Å². The topological polar surface area (TPSA) is 81.7 Å². The lowest BCUT2D eigenvalue weighted by Crippen LogP contribution is -2.22. The molecule has 0 spiro atoms. The summed E-state index contributed by atoms with van der Waals surface area (Å²) in [6, 6.07) is 16.7. The Morgan fingerprint density at radius 2 is 1.56 bits per heavy atom. The highest BCUT2D eigenvalue weighted by Gasteiger charge is 2.20. The third-order valence-corrected chi connectivity index (χ3v) is 5.71. The lowest BCUT2D eigenvalue weighted by molar-refractivity contribution is -0.119. The van der Waals surface area contributed by atoms with Gasteiger partial charge in [0.1, 0.15) is 5.75 Å². The number of ketones is 1. The summed E-state index contributed by atoms with van der Waals surface area (Å²) in [4.78, 5) is 37.9. The summed E-state index contributed by atoms with van der Waals surface area (Å²) in [7, 11) is 1.54. The Morgan fingerprint density at radius 1 is 0.906 bits per heavy atom. The number of esters is 1. The molecule has 1 N–H and O–H groups in total. The molecular weight excluding hydrogens is 474 g/mol. The molecule has 0 radical (unpaired) electrons. The molecule has 0 aliphatic heterocycles. The van der Waals surface area contributed by atoms with E-state index in [1.807, 2.05) is 26.0 Å². The molecule has 1 amide bonds. The fourth-order valence-electron chi connectivity index (χ4n) is 3.07. The zero-order chi connectivity index (χ0) is 23.3. The van der Waals surface area contributed by atoms with Crippen molar-refractivity contribution in [1.29, 1.82) is 0 Å². The highest BCUT2D eigenvalue weighted by molar-refractivity contribution is 9.10. The predicted octanol–water partition coefficient (Wildman–Crippen LogP) is 5.10.